The molecule has 1 N–H and O–H groups in total. The van der Waals surface area contributed by atoms with Crippen molar-refractivity contribution in [1.82, 2.24) is 5.32 Å². The number of hydrogen-bond acceptors (Lipinski definition) is 2. The van der Waals surface area contributed by atoms with E-state index in [1.165, 1.54) is 5.56 Å². The van der Waals surface area contributed by atoms with Crippen LogP contribution in [0.1, 0.15) is 44.7 Å². The van der Waals surface area contributed by atoms with Crippen LogP contribution in [0.15, 0.2) is 42.5 Å². The molecule has 0 bridgehead atoms. The zero-order chi connectivity index (χ0) is 17.3. The lowest BCUT2D eigenvalue weighted by atomic mass is 10.1. The summed E-state index contributed by atoms with van der Waals surface area (Å²) < 4.78 is 0. The van der Waals surface area contributed by atoms with Crippen LogP contribution in [0.3, 0.4) is 0 Å². The number of benzene rings is 2. The van der Waals surface area contributed by atoms with E-state index < -0.39 is 0 Å². The molecule has 0 aromatic heterocycles. The fraction of sp³-hybridized carbons (Fsp3) is 0.300. The first kappa shape index (κ1) is 16.2. The van der Waals surface area contributed by atoms with E-state index in [1.807, 2.05) is 32.0 Å². The van der Waals surface area contributed by atoms with Crippen LogP contribution in [0.25, 0.3) is 0 Å². The van der Waals surface area contributed by atoms with Gasteiger partial charge >= 0.3 is 0 Å². The molecule has 1 fully saturated rings. The quantitative estimate of drug-likeness (QED) is 0.937. The van der Waals surface area contributed by atoms with Crippen molar-refractivity contribution in [2.24, 2.45) is 0 Å². The summed E-state index contributed by atoms with van der Waals surface area (Å²) in [6.07, 6.45) is 2.12. The Morgan fingerprint density at radius 1 is 0.958 bits per heavy atom. The van der Waals surface area contributed by atoms with E-state index in [4.69, 9.17) is 0 Å². The van der Waals surface area contributed by atoms with Crippen LogP contribution < -0.4 is 10.2 Å². The molecule has 0 spiro atoms. The van der Waals surface area contributed by atoms with Crippen LogP contribution in [-0.2, 0) is 0 Å². The highest BCUT2D eigenvalue weighted by Gasteiger charge is 2.24. The lowest BCUT2D eigenvalue weighted by Gasteiger charge is -2.18. The Morgan fingerprint density at radius 3 is 2.17 bits per heavy atom. The SMILES string of the molecule is Cc1ccc(N(C)C(=O)c2ccc(C(=O)NC3CC3)cc2)cc1C. The van der Waals surface area contributed by atoms with Crippen LogP contribution in [0.2, 0.25) is 0 Å². The molecule has 24 heavy (non-hydrogen) atoms. The summed E-state index contributed by atoms with van der Waals surface area (Å²) >= 11 is 0. The molecule has 1 aliphatic rings. The summed E-state index contributed by atoms with van der Waals surface area (Å²) in [6.45, 7) is 4.08. The van der Waals surface area contributed by atoms with Gasteiger partial charge in [-0.3, -0.25) is 9.59 Å². The van der Waals surface area contributed by atoms with Crippen LogP contribution in [0, 0.1) is 13.8 Å². The van der Waals surface area contributed by atoms with Crippen molar-refractivity contribution in [2.45, 2.75) is 32.7 Å². The Balaban J connectivity index is 1.73. The second kappa shape index (κ2) is 6.48. The topological polar surface area (TPSA) is 49.4 Å². The fourth-order valence-corrected chi connectivity index (χ4v) is 2.51. The van der Waals surface area contributed by atoms with Crippen LogP contribution in [0.5, 0.6) is 0 Å². The number of carbonyl (C=O) groups is 2. The van der Waals surface area contributed by atoms with Crippen molar-refractivity contribution in [3.05, 3.63) is 64.7 Å². The minimum absolute atomic E-state index is 0.0704. The Bertz CT molecular complexity index is 777. The molecule has 2 amide bonds. The van der Waals surface area contributed by atoms with Crippen molar-refractivity contribution in [1.29, 1.82) is 0 Å². The van der Waals surface area contributed by atoms with Crippen molar-refractivity contribution in [2.75, 3.05) is 11.9 Å². The predicted octanol–water partition coefficient (Wildman–Crippen LogP) is 3.47. The maximum absolute atomic E-state index is 12.6. The molecule has 0 saturated heterocycles. The zero-order valence-electron chi connectivity index (χ0n) is 14.3. The summed E-state index contributed by atoms with van der Waals surface area (Å²) in [4.78, 5) is 26.3. The molecular formula is C20H22N2O2. The number of amides is 2. The van der Waals surface area contributed by atoms with Gasteiger partial charge in [0.05, 0.1) is 0 Å². The maximum atomic E-state index is 12.6. The Labute approximate surface area is 142 Å². The first-order chi connectivity index (χ1) is 11.5. The molecule has 3 rings (SSSR count). The summed E-state index contributed by atoms with van der Waals surface area (Å²) in [5.74, 6) is -0.161. The van der Waals surface area contributed by atoms with Gasteiger partial charge in [0.25, 0.3) is 11.8 Å². The highest BCUT2D eigenvalue weighted by Crippen LogP contribution is 2.21. The van der Waals surface area contributed by atoms with E-state index in [0.29, 0.717) is 17.2 Å². The number of nitrogens with zero attached hydrogens (tertiary/aromatic N) is 1. The van der Waals surface area contributed by atoms with Crippen LogP contribution >= 0.6 is 0 Å². The first-order valence-electron chi connectivity index (χ1n) is 8.22. The van der Waals surface area contributed by atoms with Gasteiger partial charge in [0, 0.05) is 29.9 Å². The van der Waals surface area contributed by atoms with Crippen LogP contribution in [-0.4, -0.2) is 24.9 Å². The monoisotopic (exact) mass is 322 g/mol. The molecule has 0 aliphatic heterocycles. The van der Waals surface area contributed by atoms with E-state index >= 15 is 0 Å². The van der Waals surface area contributed by atoms with Gasteiger partial charge in [-0.15, -0.1) is 0 Å². The lowest BCUT2D eigenvalue weighted by molar-refractivity contribution is 0.0948. The Kier molecular flexibility index (Phi) is 4.38. The van der Waals surface area contributed by atoms with Crippen molar-refractivity contribution < 1.29 is 9.59 Å². The number of carbonyl (C=O) groups excluding carboxylic acids is 2. The number of rotatable bonds is 4. The molecule has 1 saturated carbocycles. The third-order valence-electron chi connectivity index (χ3n) is 4.49. The van der Waals surface area contributed by atoms with E-state index in [-0.39, 0.29) is 11.8 Å². The van der Waals surface area contributed by atoms with Gasteiger partial charge in [-0.2, -0.15) is 0 Å². The third-order valence-corrected chi connectivity index (χ3v) is 4.49. The number of anilines is 1. The van der Waals surface area contributed by atoms with E-state index in [2.05, 4.69) is 5.32 Å². The summed E-state index contributed by atoms with van der Waals surface area (Å²) in [6, 6.07) is 13.1. The second-order valence-electron chi connectivity index (χ2n) is 6.46. The molecule has 124 valence electrons. The molecule has 0 radical (unpaired) electrons. The summed E-state index contributed by atoms with van der Waals surface area (Å²) in [5, 5.41) is 2.94. The van der Waals surface area contributed by atoms with Gasteiger partial charge in [0.1, 0.15) is 0 Å². The van der Waals surface area contributed by atoms with Gasteiger partial charge in [-0.25, -0.2) is 0 Å². The maximum Gasteiger partial charge on any atom is 0.258 e. The summed E-state index contributed by atoms with van der Waals surface area (Å²) in [5.41, 5.74) is 4.37. The lowest BCUT2D eigenvalue weighted by Crippen LogP contribution is -2.27. The van der Waals surface area contributed by atoms with Crippen LogP contribution in [0.4, 0.5) is 5.69 Å². The van der Waals surface area contributed by atoms with Crippen molar-refractivity contribution >= 4 is 17.5 Å². The number of nitrogens with one attached hydrogen (secondary N) is 1. The Morgan fingerprint density at radius 2 is 1.58 bits per heavy atom. The second-order valence-corrected chi connectivity index (χ2v) is 6.46. The van der Waals surface area contributed by atoms with E-state index in [0.717, 1.165) is 24.1 Å². The largest absolute Gasteiger partial charge is 0.349 e. The minimum atomic E-state index is -0.0904. The highest BCUT2D eigenvalue weighted by molar-refractivity contribution is 6.06. The van der Waals surface area contributed by atoms with Gasteiger partial charge in [0.2, 0.25) is 0 Å². The molecule has 2 aromatic rings. The fourth-order valence-electron chi connectivity index (χ4n) is 2.51. The predicted molar refractivity (Wildman–Crippen MR) is 95.6 cm³/mol. The normalized spacial score (nSPS) is 13.5. The molecule has 0 atom stereocenters. The standard InChI is InChI=1S/C20H22N2O2/c1-13-4-11-18(12-14(13)2)22(3)20(24)16-7-5-15(6-8-16)19(23)21-17-9-10-17/h4-8,11-12,17H,9-10H2,1-3H3,(H,21,23). The highest BCUT2D eigenvalue weighted by atomic mass is 16.2. The van der Waals surface area contributed by atoms with Crippen molar-refractivity contribution in [3.63, 3.8) is 0 Å². The molecule has 4 nitrogen and oxygen atoms in total. The summed E-state index contributed by atoms with van der Waals surface area (Å²) in [7, 11) is 1.76. The van der Waals surface area contributed by atoms with E-state index in [9.17, 15) is 9.59 Å². The average molecular weight is 322 g/mol. The molecule has 2 aromatic carbocycles. The molecule has 4 heteroatoms. The smallest absolute Gasteiger partial charge is 0.258 e. The molecule has 0 unspecified atom stereocenters. The van der Waals surface area contributed by atoms with Gasteiger partial charge in [-0.1, -0.05) is 6.07 Å². The van der Waals surface area contributed by atoms with Gasteiger partial charge < -0.3 is 10.2 Å². The molecule has 0 heterocycles. The molecular weight excluding hydrogens is 300 g/mol. The van der Waals surface area contributed by atoms with Crippen molar-refractivity contribution in [3.8, 4) is 0 Å². The third kappa shape index (κ3) is 3.48. The Hall–Kier alpha value is -2.62. The van der Waals surface area contributed by atoms with E-state index in [1.54, 1.807) is 36.2 Å². The minimum Gasteiger partial charge on any atom is -0.349 e. The molecule has 1 aliphatic carbocycles. The number of hydrogen-bond donors (Lipinski definition) is 1. The zero-order valence-corrected chi connectivity index (χ0v) is 14.3. The van der Waals surface area contributed by atoms with Gasteiger partial charge in [0.15, 0.2) is 0 Å². The average Bonchev–Trinajstić information content (AvgIpc) is 3.40. The first-order valence-corrected chi connectivity index (χ1v) is 8.22. The van der Waals surface area contributed by atoms with Gasteiger partial charge in [-0.05, 0) is 74.2 Å². The number of aryl methyl sites for hydroxylation is 2.